The average Bonchev–Trinajstić information content (AvgIpc) is 1.78. The molecule has 11 aliphatic rings. The number of rotatable bonds is 14. The molecule has 0 bridgehead atoms. The van der Waals surface area contributed by atoms with Gasteiger partial charge in [-0.1, -0.05) is 39.3 Å². The standard InChI is InChI=1S/C57H92O27/c1-21-8-13-57(74-19-21)22(2)34-29(84-57)15-28-26-7-6-24-14-25(9-11-55(24,4)27(26)10-12-56(28,34)5)76-54-49(83-51-43(69)39(65)35(61)23(3)75-51)45(71)47(32(18-60)79-54)81-53-46(72)48(82-52-44(70)41(67)37(63)31(17-59)78-52)38(64)33(80-53)20-73-50-42(68)40(66)36(62)30(16-58)77-50/h6,21-23,25-54,58-72H,7-20H2,1-5H3. The maximum atomic E-state index is 12.6. The lowest BCUT2D eigenvalue weighted by Crippen LogP contribution is -2.68. The Kier molecular flexibility index (Phi) is 19.1. The minimum absolute atomic E-state index is 0.114. The Labute approximate surface area is 487 Å². The molecule has 482 valence electrons. The summed E-state index contributed by atoms with van der Waals surface area (Å²) in [4.78, 5) is 0. The molecule has 0 aromatic rings. The molecule has 1 spiro atoms. The predicted octanol–water partition coefficient (Wildman–Crippen LogP) is -4.14. The summed E-state index contributed by atoms with van der Waals surface area (Å²) in [7, 11) is 0. The fourth-order valence-corrected chi connectivity index (χ4v) is 16.9. The summed E-state index contributed by atoms with van der Waals surface area (Å²) in [5, 5.41) is 163. The van der Waals surface area contributed by atoms with Gasteiger partial charge in [0.2, 0.25) is 0 Å². The zero-order chi connectivity index (χ0) is 60.2. The second-order valence-electron chi connectivity index (χ2n) is 26.7. The molecule has 36 atom stereocenters. The first-order valence-corrected chi connectivity index (χ1v) is 30.4. The molecule has 15 N–H and O–H groups in total. The molecule has 27 nitrogen and oxygen atoms in total. The summed E-state index contributed by atoms with van der Waals surface area (Å²) in [5.74, 6) is 2.09. The molecule has 0 aromatic carbocycles. The summed E-state index contributed by atoms with van der Waals surface area (Å²) in [6.45, 7) is 8.26. The van der Waals surface area contributed by atoms with Crippen molar-refractivity contribution in [2.75, 3.05) is 33.0 Å². The summed E-state index contributed by atoms with van der Waals surface area (Å²) in [6, 6.07) is 0. The Hall–Kier alpha value is -1.34. The molecule has 4 aliphatic carbocycles. The first-order valence-electron chi connectivity index (χ1n) is 30.4. The van der Waals surface area contributed by atoms with E-state index in [2.05, 4.69) is 33.8 Å². The maximum absolute atomic E-state index is 12.6. The van der Waals surface area contributed by atoms with Gasteiger partial charge in [-0.3, -0.25) is 0 Å². The fraction of sp³-hybridized carbons (Fsp3) is 0.965. The Morgan fingerprint density at radius 2 is 1.11 bits per heavy atom. The van der Waals surface area contributed by atoms with Crippen molar-refractivity contribution >= 4 is 0 Å². The highest BCUT2D eigenvalue weighted by molar-refractivity contribution is 5.26. The zero-order valence-electron chi connectivity index (χ0n) is 48.1. The summed E-state index contributed by atoms with van der Waals surface area (Å²) in [5.41, 5.74) is 1.22. The zero-order valence-corrected chi connectivity index (χ0v) is 48.1. The molecular weight excluding hydrogens is 1120 g/mol. The van der Waals surface area contributed by atoms with Gasteiger partial charge in [-0.05, 0) is 98.7 Å². The van der Waals surface area contributed by atoms with Crippen LogP contribution in [0.1, 0.15) is 92.4 Å². The van der Waals surface area contributed by atoms with Crippen LogP contribution in [0.25, 0.3) is 0 Å². The van der Waals surface area contributed by atoms with Gasteiger partial charge in [0, 0.05) is 12.3 Å². The number of ether oxygens (including phenoxy) is 12. The van der Waals surface area contributed by atoms with Gasteiger partial charge >= 0.3 is 0 Å². The molecule has 10 fully saturated rings. The molecule has 3 saturated carbocycles. The minimum Gasteiger partial charge on any atom is -0.394 e. The number of allylic oxidation sites excluding steroid dienone is 1. The molecule has 27 heteroatoms. The molecule has 0 radical (unpaired) electrons. The Morgan fingerprint density at radius 3 is 1.76 bits per heavy atom. The Bertz CT molecular complexity index is 2240. The molecule has 7 heterocycles. The van der Waals surface area contributed by atoms with Gasteiger partial charge < -0.3 is 133 Å². The molecule has 7 saturated heterocycles. The molecule has 36 unspecified atom stereocenters. The van der Waals surface area contributed by atoms with Gasteiger partial charge in [0.15, 0.2) is 37.2 Å². The highest BCUT2D eigenvalue weighted by Gasteiger charge is 2.69. The van der Waals surface area contributed by atoms with Crippen molar-refractivity contribution < 1.29 is 133 Å². The number of fused-ring (bicyclic) bond motifs is 7. The molecule has 84 heavy (non-hydrogen) atoms. The first kappa shape index (κ1) is 64.2. The van der Waals surface area contributed by atoms with Crippen molar-refractivity contribution in [3.05, 3.63) is 11.6 Å². The van der Waals surface area contributed by atoms with Crippen molar-refractivity contribution in [1.82, 2.24) is 0 Å². The average molecular weight is 1210 g/mol. The van der Waals surface area contributed by atoms with Crippen LogP contribution in [0.2, 0.25) is 0 Å². The quantitative estimate of drug-likeness (QED) is 0.0735. The predicted molar refractivity (Wildman–Crippen MR) is 279 cm³/mol. The first-order chi connectivity index (χ1) is 39.9. The molecule has 7 aliphatic heterocycles. The van der Waals surface area contributed by atoms with E-state index in [0.717, 1.165) is 51.6 Å². The van der Waals surface area contributed by atoms with Gasteiger partial charge in [0.1, 0.15) is 116 Å². The lowest BCUT2D eigenvalue weighted by Gasteiger charge is -2.59. The van der Waals surface area contributed by atoms with E-state index in [1.807, 2.05) is 0 Å². The van der Waals surface area contributed by atoms with E-state index in [1.165, 1.54) is 12.5 Å². The maximum Gasteiger partial charge on any atom is 0.187 e. The third kappa shape index (κ3) is 11.2. The Morgan fingerprint density at radius 1 is 0.524 bits per heavy atom. The summed E-state index contributed by atoms with van der Waals surface area (Å²) in [6.07, 6.45) is -34.3. The number of hydrogen-bond acceptors (Lipinski definition) is 27. The smallest absolute Gasteiger partial charge is 0.187 e. The monoisotopic (exact) mass is 1210 g/mol. The second kappa shape index (κ2) is 25.0. The summed E-state index contributed by atoms with van der Waals surface area (Å²) < 4.78 is 73.9. The van der Waals surface area contributed by atoms with E-state index in [1.54, 1.807) is 0 Å². The lowest BCUT2D eigenvalue weighted by atomic mass is 9.47. The van der Waals surface area contributed by atoms with Crippen molar-refractivity contribution in [3.63, 3.8) is 0 Å². The third-order valence-electron chi connectivity index (χ3n) is 21.9. The van der Waals surface area contributed by atoms with Crippen LogP contribution in [-0.4, -0.2) is 281 Å². The van der Waals surface area contributed by atoms with Crippen molar-refractivity contribution in [1.29, 1.82) is 0 Å². The molecule has 0 aromatic heterocycles. The van der Waals surface area contributed by atoms with Gasteiger partial charge in [0.05, 0.1) is 51.3 Å². The van der Waals surface area contributed by atoms with E-state index in [-0.39, 0.29) is 16.9 Å². The van der Waals surface area contributed by atoms with Crippen LogP contribution in [0.5, 0.6) is 0 Å². The number of hydrogen-bond donors (Lipinski definition) is 15. The van der Waals surface area contributed by atoms with Crippen LogP contribution >= 0.6 is 0 Å². The number of aliphatic hydroxyl groups is 15. The van der Waals surface area contributed by atoms with Crippen LogP contribution in [-0.2, 0) is 56.8 Å². The van der Waals surface area contributed by atoms with E-state index < -0.39 is 192 Å². The third-order valence-corrected chi connectivity index (χ3v) is 21.9. The van der Waals surface area contributed by atoms with Gasteiger partial charge in [0.25, 0.3) is 0 Å². The highest BCUT2D eigenvalue weighted by Crippen LogP contribution is 2.71. The van der Waals surface area contributed by atoms with Crippen LogP contribution in [0.4, 0.5) is 0 Å². The molecule has 0 amide bonds. The van der Waals surface area contributed by atoms with E-state index >= 15 is 0 Å². The molecular formula is C57H92O27. The van der Waals surface area contributed by atoms with Gasteiger partial charge in [-0.15, -0.1) is 0 Å². The SMILES string of the molecule is CC1CCC2(OC1)OC1CC3C4CC=C5CC(OC6OC(CO)C(OC7OC(COC8OC(CO)C(O)C(O)C8O)C(O)C(OC8OC(CO)C(O)C(O)C8O)C7O)C(O)C6OC6OC(C)C(O)C(O)C6O)CCC5(C)C4CCC3(C)C1C2C. The second-order valence-corrected chi connectivity index (χ2v) is 26.7. The van der Waals surface area contributed by atoms with Crippen molar-refractivity contribution in [3.8, 4) is 0 Å². The topological polar surface area (TPSA) is 414 Å². The van der Waals surface area contributed by atoms with Gasteiger partial charge in [-0.2, -0.15) is 0 Å². The van der Waals surface area contributed by atoms with E-state index in [9.17, 15) is 76.6 Å². The number of aliphatic hydroxyl groups excluding tert-OH is 15. The van der Waals surface area contributed by atoms with Crippen LogP contribution in [0.15, 0.2) is 11.6 Å². The molecule has 11 rings (SSSR count). The van der Waals surface area contributed by atoms with E-state index in [0.29, 0.717) is 48.3 Å². The normalized spacial score (nSPS) is 56.8. The van der Waals surface area contributed by atoms with Crippen LogP contribution in [0.3, 0.4) is 0 Å². The summed E-state index contributed by atoms with van der Waals surface area (Å²) >= 11 is 0. The van der Waals surface area contributed by atoms with E-state index in [4.69, 9.17) is 56.8 Å². The lowest BCUT2D eigenvalue weighted by molar-refractivity contribution is -0.398. The Balaban J connectivity index is 0.826. The fourth-order valence-electron chi connectivity index (χ4n) is 16.9. The van der Waals surface area contributed by atoms with Crippen LogP contribution < -0.4 is 0 Å². The minimum atomic E-state index is -2.15. The highest BCUT2D eigenvalue weighted by atomic mass is 16.8. The van der Waals surface area contributed by atoms with Gasteiger partial charge in [-0.25, -0.2) is 0 Å². The van der Waals surface area contributed by atoms with Crippen molar-refractivity contribution in [2.24, 2.45) is 46.3 Å². The van der Waals surface area contributed by atoms with Crippen LogP contribution in [0, 0.1) is 46.3 Å². The van der Waals surface area contributed by atoms with Crippen molar-refractivity contribution in [2.45, 2.75) is 264 Å². The largest absolute Gasteiger partial charge is 0.394 e.